The molecule has 1 aromatic carbocycles. The average molecular weight is 274 g/mol. The molecule has 1 aromatic rings. The van der Waals surface area contributed by atoms with Crippen molar-refractivity contribution < 1.29 is 9.84 Å². The van der Waals surface area contributed by atoms with E-state index in [1.807, 2.05) is 24.3 Å². The van der Waals surface area contributed by atoms with E-state index in [-0.39, 0.29) is 6.10 Å². The molecule has 0 amide bonds. The van der Waals surface area contributed by atoms with Gasteiger partial charge in [-0.3, -0.25) is 0 Å². The van der Waals surface area contributed by atoms with E-state index in [2.05, 4.69) is 6.92 Å². The fraction of sp³-hybridized carbons (Fsp3) is 0.667. The van der Waals surface area contributed by atoms with Crippen LogP contribution in [0, 0.1) is 17.8 Å². The lowest BCUT2D eigenvalue weighted by atomic mass is 9.83. The van der Waals surface area contributed by atoms with Crippen molar-refractivity contribution in [2.24, 2.45) is 17.8 Å². The first-order valence-corrected chi connectivity index (χ1v) is 8.17. The van der Waals surface area contributed by atoms with Crippen LogP contribution in [-0.2, 0) is 0 Å². The van der Waals surface area contributed by atoms with Gasteiger partial charge in [-0.25, -0.2) is 0 Å². The Kier molecular flexibility index (Phi) is 4.30. The van der Waals surface area contributed by atoms with Crippen LogP contribution < -0.4 is 4.74 Å². The normalized spacial score (nSPS) is 29.6. The Labute approximate surface area is 122 Å². The number of aliphatic hydroxyl groups is 1. The minimum Gasteiger partial charge on any atom is -0.493 e. The zero-order chi connectivity index (χ0) is 13.9. The van der Waals surface area contributed by atoms with Crippen molar-refractivity contribution in [1.29, 1.82) is 0 Å². The highest BCUT2D eigenvalue weighted by molar-refractivity contribution is 5.35. The number of rotatable bonds is 6. The first-order valence-electron chi connectivity index (χ1n) is 8.17. The highest BCUT2D eigenvalue weighted by Crippen LogP contribution is 2.51. The van der Waals surface area contributed by atoms with E-state index in [1.54, 1.807) is 0 Å². The van der Waals surface area contributed by atoms with E-state index >= 15 is 0 Å². The molecule has 4 unspecified atom stereocenters. The fourth-order valence-corrected chi connectivity index (χ4v) is 4.18. The molecule has 0 saturated heterocycles. The van der Waals surface area contributed by atoms with E-state index < -0.39 is 0 Å². The van der Waals surface area contributed by atoms with Crippen molar-refractivity contribution >= 4 is 0 Å². The quantitative estimate of drug-likeness (QED) is 0.836. The van der Waals surface area contributed by atoms with Crippen LogP contribution in [0.4, 0.5) is 0 Å². The zero-order valence-corrected chi connectivity index (χ0v) is 12.4. The number of hydrogen-bond donors (Lipinski definition) is 1. The lowest BCUT2D eigenvalue weighted by Crippen LogP contribution is -2.15. The van der Waals surface area contributed by atoms with Gasteiger partial charge in [0.15, 0.2) is 0 Å². The van der Waals surface area contributed by atoms with Crippen molar-refractivity contribution in [3.05, 3.63) is 29.8 Å². The summed E-state index contributed by atoms with van der Waals surface area (Å²) in [4.78, 5) is 0. The molecule has 0 radical (unpaired) electrons. The van der Waals surface area contributed by atoms with E-state index in [9.17, 15) is 5.11 Å². The molecule has 0 aromatic heterocycles. The Morgan fingerprint density at radius 1 is 1.25 bits per heavy atom. The molecule has 2 bridgehead atoms. The van der Waals surface area contributed by atoms with Crippen molar-refractivity contribution in [2.75, 3.05) is 6.61 Å². The Balaban J connectivity index is 1.65. The minimum atomic E-state index is -0.368. The van der Waals surface area contributed by atoms with Crippen LogP contribution in [0.3, 0.4) is 0 Å². The highest BCUT2D eigenvalue weighted by Gasteiger charge is 2.40. The van der Waals surface area contributed by atoms with Gasteiger partial charge in [0, 0.05) is 5.56 Å². The number of fused-ring (bicyclic) bond motifs is 2. The molecule has 4 atom stereocenters. The largest absolute Gasteiger partial charge is 0.493 e. The van der Waals surface area contributed by atoms with Gasteiger partial charge in [0.1, 0.15) is 5.75 Å². The minimum absolute atomic E-state index is 0.368. The number of benzene rings is 1. The third-order valence-electron chi connectivity index (χ3n) is 5.15. The molecule has 2 heteroatoms. The molecule has 0 heterocycles. The third-order valence-corrected chi connectivity index (χ3v) is 5.15. The lowest BCUT2D eigenvalue weighted by molar-refractivity contribution is 0.121. The van der Waals surface area contributed by atoms with E-state index in [0.717, 1.165) is 48.5 Å². The number of hydrogen-bond acceptors (Lipinski definition) is 2. The van der Waals surface area contributed by atoms with E-state index in [0.29, 0.717) is 0 Å². The lowest BCUT2D eigenvalue weighted by Gasteiger charge is -2.25. The van der Waals surface area contributed by atoms with E-state index in [1.165, 1.54) is 25.7 Å². The third kappa shape index (κ3) is 2.85. The summed E-state index contributed by atoms with van der Waals surface area (Å²) in [5.74, 6) is 3.41. The zero-order valence-electron chi connectivity index (χ0n) is 12.4. The molecule has 2 fully saturated rings. The van der Waals surface area contributed by atoms with Crippen LogP contribution in [0.15, 0.2) is 24.3 Å². The van der Waals surface area contributed by atoms with Crippen molar-refractivity contribution in [3.63, 3.8) is 0 Å². The maximum absolute atomic E-state index is 10.6. The molecule has 2 aliphatic rings. The number of aliphatic hydroxyl groups excluding tert-OH is 1. The van der Waals surface area contributed by atoms with Gasteiger partial charge in [-0.1, -0.05) is 31.5 Å². The standard InChI is InChI=1S/C18H26O2/c1-2-9-20-18-6-4-3-5-16(18)17(19)12-15-11-13-7-8-14(15)10-13/h3-6,13-15,17,19H,2,7-12H2,1H3. The first-order chi connectivity index (χ1) is 9.78. The predicted molar refractivity (Wildman–Crippen MR) is 80.7 cm³/mol. The molecule has 2 nitrogen and oxygen atoms in total. The second-order valence-corrected chi connectivity index (χ2v) is 6.57. The van der Waals surface area contributed by atoms with Crippen molar-refractivity contribution in [3.8, 4) is 5.75 Å². The van der Waals surface area contributed by atoms with Crippen LogP contribution in [0.1, 0.15) is 57.1 Å². The van der Waals surface area contributed by atoms with Crippen LogP contribution in [0.2, 0.25) is 0 Å². The van der Waals surface area contributed by atoms with Crippen molar-refractivity contribution in [1.82, 2.24) is 0 Å². The molecule has 0 aliphatic heterocycles. The van der Waals surface area contributed by atoms with Gasteiger partial charge in [0.2, 0.25) is 0 Å². The summed E-state index contributed by atoms with van der Waals surface area (Å²) >= 11 is 0. The van der Waals surface area contributed by atoms with Crippen LogP contribution in [0.25, 0.3) is 0 Å². The number of ether oxygens (including phenoxy) is 1. The summed E-state index contributed by atoms with van der Waals surface area (Å²) in [7, 11) is 0. The monoisotopic (exact) mass is 274 g/mol. The SMILES string of the molecule is CCCOc1ccccc1C(O)CC1CC2CCC1C2. The van der Waals surface area contributed by atoms with Gasteiger partial charge in [-0.05, 0) is 55.9 Å². The first kappa shape index (κ1) is 13.9. The van der Waals surface area contributed by atoms with Gasteiger partial charge in [-0.2, -0.15) is 0 Å². The Hall–Kier alpha value is -1.02. The Morgan fingerprint density at radius 2 is 2.10 bits per heavy atom. The fourth-order valence-electron chi connectivity index (χ4n) is 4.18. The summed E-state index contributed by atoms with van der Waals surface area (Å²) < 4.78 is 5.77. The molecule has 3 rings (SSSR count). The summed E-state index contributed by atoms with van der Waals surface area (Å²) in [5, 5.41) is 10.6. The smallest absolute Gasteiger partial charge is 0.125 e. The molecule has 2 saturated carbocycles. The second-order valence-electron chi connectivity index (χ2n) is 6.57. The predicted octanol–water partition coefficient (Wildman–Crippen LogP) is 4.34. The van der Waals surface area contributed by atoms with Crippen LogP contribution in [-0.4, -0.2) is 11.7 Å². The molecule has 20 heavy (non-hydrogen) atoms. The molecule has 0 spiro atoms. The topological polar surface area (TPSA) is 29.5 Å². The second kappa shape index (κ2) is 6.17. The van der Waals surface area contributed by atoms with Crippen LogP contribution in [0.5, 0.6) is 5.75 Å². The summed E-state index contributed by atoms with van der Waals surface area (Å²) in [6, 6.07) is 7.98. The number of para-hydroxylation sites is 1. The van der Waals surface area contributed by atoms with Gasteiger partial charge < -0.3 is 9.84 Å². The molecular weight excluding hydrogens is 248 g/mol. The summed E-state index contributed by atoms with van der Waals surface area (Å²) in [6.45, 7) is 2.83. The maximum atomic E-state index is 10.6. The Morgan fingerprint density at radius 3 is 2.80 bits per heavy atom. The maximum Gasteiger partial charge on any atom is 0.125 e. The van der Waals surface area contributed by atoms with Gasteiger partial charge >= 0.3 is 0 Å². The summed E-state index contributed by atoms with van der Waals surface area (Å²) in [5.41, 5.74) is 0.976. The molecule has 1 N–H and O–H groups in total. The average Bonchev–Trinajstić information content (AvgIpc) is 3.08. The molecule has 2 aliphatic carbocycles. The van der Waals surface area contributed by atoms with Gasteiger partial charge in [0.25, 0.3) is 0 Å². The van der Waals surface area contributed by atoms with Crippen LogP contribution >= 0.6 is 0 Å². The van der Waals surface area contributed by atoms with E-state index in [4.69, 9.17) is 4.74 Å². The molecular formula is C18H26O2. The van der Waals surface area contributed by atoms with Gasteiger partial charge in [0.05, 0.1) is 12.7 Å². The highest BCUT2D eigenvalue weighted by atomic mass is 16.5. The van der Waals surface area contributed by atoms with Crippen molar-refractivity contribution in [2.45, 2.75) is 51.6 Å². The Bertz CT molecular complexity index is 443. The van der Waals surface area contributed by atoms with Gasteiger partial charge in [-0.15, -0.1) is 0 Å². The molecule has 110 valence electrons. The summed E-state index contributed by atoms with van der Waals surface area (Å²) in [6.07, 6.45) is 7.09.